The number of nitrogen functional groups attached to an aromatic ring is 1. The minimum atomic E-state index is -1.12. The number of H-pyrrole nitrogens is 1. The fourth-order valence-corrected chi connectivity index (χ4v) is 5.07. The highest BCUT2D eigenvalue weighted by atomic mass is 35.5. The Morgan fingerprint density at radius 3 is 2.58 bits per heavy atom. The lowest BCUT2D eigenvalue weighted by Crippen LogP contribution is -2.38. The van der Waals surface area contributed by atoms with E-state index in [4.69, 9.17) is 26.8 Å². The van der Waals surface area contributed by atoms with Crippen molar-refractivity contribution in [2.75, 3.05) is 46.6 Å². The van der Waals surface area contributed by atoms with Gasteiger partial charge in [-0.2, -0.15) is 9.37 Å². The molecule has 3 N–H and O–H groups in total. The van der Waals surface area contributed by atoms with Crippen molar-refractivity contribution in [3.63, 3.8) is 0 Å². The van der Waals surface area contributed by atoms with Crippen molar-refractivity contribution >= 4 is 40.6 Å². The van der Waals surface area contributed by atoms with Gasteiger partial charge in [-0.25, -0.2) is 14.6 Å². The summed E-state index contributed by atoms with van der Waals surface area (Å²) < 4.78 is 27.1. The molecule has 0 unspecified atom stereocenters. The average Bonchev–Trinajstić information content (AvgIpc) is 3.38. The van der Waals surface area contributed by atoms with Crippen molar-refractivity contribution in [2.45, 2.75) is 39.8 Å². The van der Waals surface area contributed by atoms with Gasteiger partial charge in [0.05, 0.1) is 36.5 Å². The lowest BCUT2D eigenvalue weighted by Gasteiger charge is -2.22. The molecule has 4 rings (SSSR count). The van der Waals surface area contributed by atoms with Crippen LogP contribution in [-0.4, -0.2) is 91.8 Å². The molecule has 4 heterocycles. The Balaban J connectivity index is 1.31. The molecular formula is C31H35ClFN9O6. The van der Waals surface area contributed by atoms with E-state index in [-0.39, 0.29) is 56.1 Å². The van der Waals surface area contributed by atoms with E-state index in [1.54, 1.807) is 19.5 Å². The van der Waals surface area contributed by atoms with Crippen LogP contribution >= 0.6 is 11.6 Å². The fraction of sp³-hybridized carbons (Fsp3) is 0.387. The summed E-state index contributed by atoms with van der Waals surface area (Å²) in [5.41, 5.74) is 7.60. The van der Waals surface area contributed by atoms with Crippen molar-refractivity contribution in [1.29, 1.82) is 0 Å². The third-order valence-corrected chi connectivity index (χ3v) is 7.75. The number of halogens is 2. The number of amides is 2. The number of carbonyl (C=O) groups excluding carboxylic acids is 2. The molecular weight excluding hydrogens is 649 g/mol. The molecule has 0 saturated heterocycles. The molecule has 15 nitrogen and oxygen atoms in total. The molecule has 2 amide bonds. The number of aryl methyl sites for hydroxylation is 2. The van der Waals surface area contributed by atoms with Gasteiger partial charge in [0.15, 0.2) is 0 Å². The molecule has 0 saturated carbocycles. The molecule has 0 aromatic carbocycles. The van der Waals surface area contributed by atoms with Gasteiger partial charge in [-0.3, -0.25) is 24.1 Å². The van der Waals surface area contributed by atoms with Crippen LogP contribution in [0.3, 0.4) is 0 Å². The molecule has 4 aromatic heterocycles. The van der Waals surface area contributed by atoms with Crippen LogP contribution in [0.15, 0.2) is 28.2 Å². The molecule has 0 aliphatic rings. The molecule has 4 aromatic rings. The highest BCUT2D eigenvalue weighted by Gasteiger charge is 2.18. The maximum atomic E-state index is 13.5. The summed E-state index contributed by atoms with van der Waals surface area (Å²) in [5, 5.41) is 0.686. The van der Waals surface area contributed by atoms with Gasteiger partial charge in [0, 0.05) is 70.1 Å². The number of ether oxygens (including phenoxy) is 2. The predicted molar refractivity (Wildman–Crippen MR) is 175 cm³/mol. The fourth-order valence-electron chi connectivity index (χ4n) is 4.80. The van der Waals surface area contributed by atoms with Crippen LogP contribution in [0.1, 0.15) is 35.2 Å². The van der Waals surface area contributed by atoms with E-state index in [1.807, 2.05) is 23.4 Å². The normalized spacial score (nSPS) is 10.8. The maximum absolute atomic E-state index is 13.5. The third kappa shape index (κ3) is 8.28. The van der Waals surface area contributed by atoms with Gasteiger partial charge in [-0.15, -0.1) is 0 Å². The van der Waals surface area contributed by atoms with E-state index in [0.29, 0.717) is 23.1 Å². The number of hydrogen-bond donors (Lipinski definition) is 2. The molecule has 0 aliphatic carbocycles. The molecule has 0 aliphatic heterocycles. The minimum absolute atomic E-state index is 0.0114. The number of rotatable bonds is 11. The average molecular weight is 684 g/mol. The van der Waals surface area contributed by atoms with Crippen LogP contribution in [-0.2, 0) is 22.6 Å². The number of fused-ring (bicyclic) bond motifs is 1. The first-order chi connectivity index (χ1) is 22.8. The second-order valence-corrected chi connectivity index (χ2v) is 11.2. The zero-order valence-electron chi connectivity index (χ0n) is 27.1. The highest BCUT2D eigenvalue weighted by Crippen LogP contribution is 2.29. The minimum Gasteiger partial charge on any atom is -0.496 e. The number of nitrogens with zero attached hydrogens (tertiary/aromatic N) is 7. The molecule has 0 atom stereocenters. The van der Waals surface area contributed by atoms with Crippen LogP contribution in [0.25, 0.3) is 11.0 Å². The molecule has 0 spiro atoms. The zero-order chi connectivity index (χ0) is 35.1. The van der Waals surface area contributed by atoms with Gasteiger partial charge in [0.25, 0.3) is 5.56 Å². The van der Waals surface area contributed by atoms with E-state index in [1.165, 1.54) is 23.9 Å². The number of hydrogen-bond acceptors (Lipinski definition) is 10. The number of pyridine rings is 1. The van der Waals surface area contributed by atoms with E-state index in [9.17, 15) is 23.6 Å². The number of anilines is 1. The Kier molecular flexibility index (Phi) is 11.4. The van der Waals surface area contributed by atoms with Crippen molar-refractivity contribution in [2.24, 2.45) is 0 Å². The molecule has 0 radical (unpaired) electrons. The molecule has 0 bridgehead atoms. The van der Waals surface area contributed by atoms with Gasteiger partial charge in [-0.1, -0.05) is 23.4 Å². The van der Waals surface area contributed by atoms with Crippen molar-refractivity contribution in [1.82, 2.24) is 38.9 Å². The van der Waals surface area contributed by atoms with Crippen LogP contribution in [0.4, 0.5) is 15.1 Å². The summed E-state index contributed by atoms with van der Waals surface area (Å²) in [4.78, 5) is 65.4. The second-order valence-electron chi connectivity index (χ2n) is 10.9. The van der Waals surface area contributed by atoms with Gasteiger partial charge in [-0.05, 0) is 13.8 Å². The Morgan fingerprint density at radius 2 is 1.85 bits per heavy atom. The lowest BCUT2D eigenvalue weighted by atomic mass is 10.1. The van der Waals surface area contributed by atoms with Crippen molar-refractivity contribution in [3.8, 4) is 17.6 Å². The summed E-state index contributed by atoms with van der Waals surface area (Å²) >= 11 is 6.45. The number of carbonyl (C=O) groups is 2. The Labute approximate surface area is 279 Å². The van der Waals surface area contributed by atoms with Gasteiger partial charge in [0.2, 0.25) is 17.7 Å². The van der Waals surface area contributed by atoms with E-state index >= 15 is 0 Å². The number of aromatic amines is 1. The molecule has 48 heavy (non-hydrogen) atoms. The standard InChI is InChI=1S/C31H35ClFN9O6/c1-18-14-35-22(19(2)25(18)47-5)17-42-15-20(24-26(32)36-29(34)37-27(24)42)8-6-7-13-48-31(46)40(4)12-11-39(3)23(43)9-10-41-16-21(33)28(44)38-30(41)45/h14-16H,7,9-13,17H2,1-5H3,(H2,34,36,37)(H,38,44,45). The Morgan fingerprint density at radius 1 is 1.12 bits per heavy atom. The smallest absolute Gasteiger partial charge is 0.409 e. The predicted octanol–water partition coefficient (Wildman–Crippen LogP) is 2.08. The SMILES string of the molecule is COc1c(C)cnc(Cn2cc(C#CCCOC(=O)N(C)CCN(C)C(=O)CCn3cc(F)c(=O)[nH]c3=O)c3c(Cl)nc(N)nc32)c1C. The van der Waals surface area contributed by atoms with Crippen molar-refractivity contribution < 1.29 is 23.5 Å². The topological polar surface area (TPSA) is 184 Å². The maximum Gasteiger partial charge on any atom is 0.409 e. The molecule has 17 heteroatoms. The monoisotopic (exact) mass is 683 g/mol. The number of aromatic nitrogens is 6. The first kappa shape index (κ1) is 35.4. The molecule has 254 valence electrons. The largest absolute Gasteiger partial charge is 0.496 e. The summed E-state index contributed by atoms with van der Waals surface area (Å²) in [6.45, 7) is 4.45. The quantitative estimate of drug-likeness (QED) is 0.135. The number of nitrogens with one attached hydrogen (secondary N) is 1. The van der Waals surface area contributed by atoms with Crippen LogP contribution in [0, 0.1) is 31.5 Å². The van der Waals surface area contributed by atoms with E-state index in [2.05, 4.69) is 26.8 Å². The van der Waals surface area contributed by atoms with E-state index in [0.717, 1.165) is 33.3 Å². The van der Waals surface area contributed by atoms with Crippen molar-refractivity contribution in [3.05, 3.63) is 72.8 Å². The summed E-state index contributed by atoms with van der Waals surface area (Å²) in [6, 6.07) is 0. The highest BCUT2D eigenvalue weighted by molar-refractivity contribution is 6.34. The summed E-state index contributed by atoms with van der Waals surface area (Å²) in [5.74, 6) is 5.35. The number of methoxy groups -OCH3 is 1. The van der Waals surface area contributed by atoms with Gasteiger partial charge in [0.1, 0.15) is 23.2 Å². The molecule has 0 fully saturated rings. The van der Waals surface area contributed by atoms with E-state index < -0.39 is 23.2 Å². The summed E-state index contributed by atoms with van der Waals surface area (Å²) in [6.07, 6.45) is 3.79. The Hall–Kier alpha value is -5.43. The summed E-state index contributed by atoms with van der Waals surface area (Å²) in [7, 11) is 4.67. The third-order valence-electron chi connectivity index (χ3n) is 7.48. The van der Waals surface area contributed by atoms with Crippen LogP contribution in [0.2, 0.25) is 5.15 Å². The van der Waals surface area contributed by atoms with Gasteiger partial charge < -0.3 is 29.6 Å². The number of nitrogens with two attached hydrogens (primary N) is 1. The first-order valence-corrected chi connectivity index (χ1v) is 15.1. The van der Waals surface area contributed by atoms with Crippen LogP contribution in [0.5, 0.6) is 5.75 Å². The van der Waals surface area contributed by atoms with Crippen LogP contribution < -0.4 is 21.7 Å². The zero-order valence-corrected chi connectivity index (χ0v) is 27.9. The van der Waals surface area contributed by atoms with Gasteiger partial charge >= 0.3 is 11.8 Å². The Bertz CT molecular complexity index is 2030. The lowest BCUT2D eigenvalue weighted by molar-refractivity contribution is -0.130. The first-order valence-electron chi connectivity index (χ1n) is 14.7. The number of likely N-dealkylation sites (N-methyl/N-ethyl adjacent to an activating group) is 2. The second kappa shape index (κ2) is 15.4.